The van der Waals surface area contributed by atoms with Crippen LogP contribution in [-0.4, -0.2) is 36.7 Å². The van der Waals surface area contributed by atoms with Gasteiger partial charge in [-0.1, -0.05) is 19.1 Å². The van der Waals surface area contributed by atoms with Crippen LogP contribution in [-0.2, 0) is 4.79 Å². The second-order valence-corrected chi connectivity index (χ2v) is 7.09. The van der Waals surface area contributed by atoms with Crippen LogP contribution in [0.25, 0.3) is 0 Å². The Morgan fingerprint density at radius 3 is 2.19 bits per heavy atom. The number of carbonyl (C=O) groups is 3. The van der Waals surface area contributed by atoms with Crippen molar-refractivity contribution in [3.63, 3.8) is 0 Å². The highest BCUT2D eigenvalue weighted by Crippen LogP contribution is 2.38. The van der Waals surface area contributed by atoms with Gasteiger partial charge in [0.05, 0.1) is 11.3 Å². The normalized spacial score (nSPS) is 17.7. The van der Waals surface area contributed by atoms with E-state index in [4.69, 9.17) is 0 Å². The lowest BCUT2D eigenvalue weighted by Gasteiger charge is -2.14. The van der Waals surface area contributed by atoms with E-state index < -0.39 is 0 Å². The Bertz CT molecular complexity index is 874. The summed E-state index contributed by atoms with van der Waals surface area (Å²) >= 11 is 0. The van der Waals surface area contributed by atoms with Gasteiger partial charge in [-0.05, 0) is 48.7 Å². The summed E-state index contributed by atoms with van der Waals surface area (Å²) in [7, 11) is 3.33. The van der Waals surface area contributed by atoms with Crippen molar-refractivity contribution < 1.29 is 14.4 Å². The highest BCUT2D eigenvalue weighted by atomic mass is 16.2. The highest BCUT2D eigenvalue weighted by Gasteiger charge is 2.39. The van der Waals surface area contributed by atoms with E-state index in [-0.39, 0.29) is 23.6 Å². The van der Waals surface area contributed by atoms with Crippen LogP contribution in [0.15, 0.2) is 48.5 Å². The number of nitrogens with one attached hydrogen (secondary N) is 2. The largest absolute Gasteiger partial charge is 0.345 e. The van der Waals surface area contributed by atoms with Crippen molar-refractivity contribution in [1.29, 1.82) is 0 Å². The number of nitrogens with zero attached hydrogens (tertiary/aromatic N) is 1. The minimum atomic E-state index is -0.317. The molecule has 0 aliphatic heterocycles. The first-order valence-electron chi connectivity index (χ1n) is 8.89. The molecule has 0 radical (unpaired) electrons. The van der Waals surface area contributed by atoms with Crippen LogP contribution in [0.4, 0.5) is 11.4 Å². The summed E-state index contributed by atoms with van der Waals surface area (Å²) in [5.41, 5.74) is 2.00. The van der Waals surface area contributed by atoms with Crippen molar-refractivity contribution >= 4 is 29.1 Å². The highest BCUT2D eigenvalue weighted by molar-refractivity contribution is 6.09. The summed E-state index contributed by atoms with van der Waals surface area (Å²) in [4.78, 5) is 38.2. The predicted molar refractivity (Wildman–Crippen MR) is 105 cm³/mol. The van der Waals surface area contributed by atoms with Gasteiger partial charge in [0.25, 0.3) is 11.8 Å². The fraction of sp³-hybridized carbons (Fsp3) is 0.286. The fourth-order valence-corrected chi connectivity index (χ4v) is 2.84. The number of hydrogen-bond donors (Lipinski definition) is 2. The van der Waals surface area contributed by atoms with Crippen LogP contribution < -0.4 is 10.6 Å². The first kappa shape index (κ1) is 18.6. The Morgan fingerprint density at radius 2 is 1.59 bits per heavy atom. The standard InChI is InChI=1S/C21H23N3O3/c1-13-12-17(13)20(26)22-15-10-8-14(9-11-15)19(25)23-18-7-5-4-6-16(18)21(27)24(2)3/h4-11,13,17H,12H2,1-3H3,(H,22,26)(H,23,25)/t13-,17-/m1/s1. The summed E-state index contributed by atoms with van der Waals surface area (Å²) in [5, 5.41) is 5.65. The molecule has 1 aliphatic carbocycles. The molecule has 3 amide bonds. The molecule has 2 aromatic rings. The SMILES string of the molecule is C[C@@H]1C[C@H]1C(=O)Nc1ccc(C(=O)Nc2ccccc2C(=O)N(C)C)cc1. The summed E-state index contributed by atoms with van der Waals surface area (Å²) in [6.45, 7) is 2.05. The molecule has 2 atom stereocenters. The van der Waals surface area contributed by atoms with E-state index in [1.165, 1.54) is 4.90 Å². The van der Waals surface area contributed by atoms with Crippen molar-refractivity contribution in [3.05, 3.63) is 59.7 Å². The van der Waals surface area contributed by atoms with Crippen LogP contribution in [0.5, 0.6) is 0 Å². The van der Waals surface area contributed by atoms with Gasteiger partial charge < -0.3 is 15.5 Å². The topological polar surface area (TPSA) is 78.5 Å². The van der Waals surface area contributed by atoms with Crippen LogP contribution >= 0.6 is 0 Å². The van der Waals surface area contributed by atoms with E-state index >= 15 is 0 Å². The average molecular weight is 365 g/mol. The molecule has 0 bridgehead atoms. The van der Waals surface area contributed by atoms with Crippen LogP contribution in [0, 0.1) is 11.8 Å². The molecule has 6 nitrogen and oxygen atoms in total. The van der Waals surface area contributed by atoms with Gasteiger partial charge in [0.2, 0.25) is 5.91 Å². The number of rotatable bonds is 5. The molecular formula is C21H23N3O3. The molecule has 2 N–H and O–H groups in total. The third-order valence-electron chi connectivity index (χ3n) is 4.67. The summed E-state index contributed by atoms with van der Waals surface area (Å²) < 4.78 is 0. The molecule has 27 heavy (non-hydrogen) atoms. The molecule has 0 unspecified atom stereocenters. The summed E-state index contributed by atoms with van der Waals surface area (Å²) in [6, 6.07) is 13.6. The maximum absolute atomic E-state index is 12.5. The fourth-order valence-electron chi connectivity index (χ4n) is 2.84. The van der Waals surface area contributed by atoms with Crippen LogP contribution in [0.2, 0.25) is 0 Å². The van der Waals surface area contributed by atoms with Crippen molar-refractivity contribution in [3.8, 4) is 0 Å². The lowest BCUT2D eigenvalue weighted by atomic mass is 10.1. The van der Waals surface area contributed by atoms with Crippen molar-refractivity contribution in [1.82, 2.24) is 4.90 Å². The van der Waals surface area contributed by atoms with Gasteiger partial charge in [-0.2, -0.15) is 0 Å². The smallest absolute Gasteiger partial charge is 0.255 e. The molecule has 1 fully saturated rings. The lowest BCUT2D eigenvalue weighted by molar-refractivity contribution is -0.117. The molecular weight excluding hydrogens is 342 g/mol. The number of carbonyl (C=O) groups excluding carboxylic acids is 3. The third-order valence-corrected chi connectivity index (χ3v) is 4.67. The number of benzene rings is 2. The molecule has 0 aromatic heterocycles. The first-order valence-corrected chi connectivity index (χ1v) is 8.89. The zero-order valence-electron chi connectivity index (χ0n) is 15.7. The Kier molecular flexibility index (Phi) is 5.26. The van der Waals surface area contributed by atoms with Crippen molar-refractivity contribution in [2.45, 2.75) is 13.3 Å². The van der Waals surface area contributed by atoms with E-state index in [2.05, 4.69) is 17.6 Å². The molecule has 0 spiro atoms. The maximum atomic E-state index is 12.5. The lowest BCUT2D eigenvalue weighted by Crippen LogP contribution is -2.24. The zero-order chi connectivity index (χ0) is 19.6. The first-order chi connectivity index (χ1) is 12.9. The van der Waals surface area contributed by atoms with Gasteiger partial charge in [0, 0.05) is 31.3 Å². The van der Waals surface area contributed by atoms with Gasteiger partial charge in [-0.3, -0.25) is 14.4 Å². The van der Waals surface area contributed by atoms with E-state index in [1.807, 2.05) is 0 Å². The third kappa shape index (κ3) is 4.34. The van der Waals surface area contributed by atoms with Gasteiger partial charge in [-0.25, -0.2) is 0 Å². The number of amides is 3. The molecule has 1 aliphatic rings. The van der Waals surface area contributed by atoms with Crippen molar-refractivity contribution in [2.24, 2.45) is 11.8 Å². The summed E-state index contributed by atoms with van der Waals surface area (Å²) in [6.07, 6.45) is 0.928. The Labute approximate surface area is 158 Å². The number of hydrogen-bond acceptors (Lipinski definition) is 3. The Hall–Kier alpha value is -3.15. The number of para-hydroxylation sites is 1. The Balaban J connectivity index is 1.68. The maximum Gasteiger partial charge on any atom is 0.255 e. The molecule has 3 rings (SSSR count). The monoisotopic (exact) mass is 365 g/mol. The van der Waals surface area contributed by atoms with Gasteiger partial charge in [-0.15, -0.1) is 0 Å². The van der Waals surface area contributed by atoms with Crippen LogP contribution in [0.3, 0.4) is 0 Å². The molecule has 6 heteroatoms. The molecule has 2 aromatic carbocycles. The predicted octanol–water partition coefficient (Wildman–Crippen LogP) is 3.24. The molecule has 1 saturated carbocycles. The van der Waals surface area contributed by atoms with E-state index in [1.54, 1.807) is 62.6 Å². The molecule has 0 heterocycles. The molecule has 140 valence electrons. The molecule has 0 saturated heterocycles. The van der Waals surface area contributed by atoms with E-state index in [0.717, 1.165) is 6.42 Å². The Morgan fingerprint density at radius 1 is 0.963 bits per heavy atom. The average Bonchev–Trinajstić information content (AvgIpc) is 3.39. The van der Waals surface area contributed by atoms with Gasteiger partial charge >= 0.3 is 0 Å². The minimum Gasteiger partial charge on any atom is -0.345 e. The van der Waals surface area contributed by atoms with Crippen LogP contribution in [0.1, 0.15) is 34.1 Å². The van der Waals surface area contributed by atoms with Crippen molar-refractivity contribution in [2.75, 3.05) is 24.7 Å². The minimum absolute atomic E-state index is 0.0239. The zero-order valence-corrected chi connectivity index (χ0v) is 15.7. The van der Waals surface area contributed by atoms with Gasteiger partial charge in [0.15, 0.2) is 0 Å². The van der Waals surface area contributed by atoms with E-state index in [9.17, 15) is 14.4 Å². The second-order valence-electron chi connectivity index (χ2n) is 7.09. The second kappa shape index (κ2) is 7.61. The van der Waals surface area contributed by atoms with Gasteiger partial charge in [0.1, 0.15) is 0 Å². The van der Waals surface area contributed by atoms with E-state index in [0.29, 0.717) is 28.4 Å². The quantitative estimate of drug-likeness (QED) is 0.854. The summed E-state index contributed by atoms with van der Waals surface area (Å²) in [5.74, 6) is 0.0653. The number of anilines is 2.